The molecule has 1 heterocycles. The first-order chi connectivity index (χ1) is 9.99. The minimum absolute atomic E-state index is 0.0234. The minimum atomic E-state index is -0.111. The Balaban J connectivity index is 2.24. The van der Waals surface area contributed by atoms with E-state index in [1.165, 1.54) is 12.4 Å². The lowest BCUT2D eigenvalue weighted by molar-refractivity contribution is -0.118. The summed E-state index contributed by atoms with van der Waals surface area (Å²) in [5.41, 5.74) is 0.688. The highest BCUT2D eigenvalue weighted by Crippen LogP contribution is 2.27. The van der Waals surface area contributed by atoms with Crippen LogP contribution in [0, 0.1) is 0 Å². The Morgan fingerprint density at radius 1 is 1.19 bits per heavy atom. The summed E-state index contributed by atoms with van der Waals surface area (Å²) in [6.07, 6.45) is 3.05. The van der Waals surface area contributed by atoms with Crippen LogP contribution in [0.5, 0.6) is 0 Å². The Kier molecular flexibility index (Phi) is 5.15. The number of hydrogen-bond donors (Lipinski definition) is 0. The van der Waals surface area contributed by atoms with Gasteiger partial charge in [0.05, 0.1) is 22.2 Å². The first kappa shape index (κ1) is 15.7. The zero-order valence-electron chi connectivity index (χ0n) is 11.8. The zero-order chi connectivity index (χ0) is 15.4. The molecule has 0 bridgehead atoms. The molecule has 110 valence electrons. The maximum atomic E-state index is 12.5. The number of nitrogens with zero attached hydrogens (tertiary/aromatic N) is 3. The van der Waals surface area contributed by atoms with E-state index >= 15 is 0 Å². The second kappa shape index (κ2) is 6.87. The topological polar surface area (TPSA) is 46.1 Å². The summed E-state index contributed by atoms with van der Waals surface area (Å²) in [7, 11) is 0. The summed E-state index contributed by atoms with van der Waals surface area (Å²) in [6.45, 7) is 3.87. The number of aromatic nitrogens is 2. The van der Waals surface area contributed by atoms with Gasteiger partial charge in [-0.2, -0.15) is 0 Å². The van der Waals surface area contributed by atoms with E-state index in [1.54, 1.807) is 11.0 Å². The van der Waals surface area contributed by atoms with Crippen molar-refractivity contribution in [3.05, 3.63) is 52.5 Å². The third-order valence-electron chi connectivity index (χ3n) is 2.88. The van der Waals surface area contributed by atoms with Gasteiger partial charge in [0, 0.05) is 18.4 Å². The van der Waals surface area contributed by atoms with Crippen molar-refractivity contribution in [1.82, 2.24) is 9.97 Å². The minimum Gasteiger partial charge on any atom is -0.308 e. The molecule has 21 heavy (non-hydrogen) atoms. The summed E-state index contributed by atoms with van der Waals surface area (Å²) in [6, 6.07) is 7.24. The molecule has 0 radical (unpaired) electrons. The Morgan fingerprint density at radius 3 is 2.38 bits per heavy atom. The quantitative estimate of drug-likeness (QED) is 0.860. The van der Waals surface area contributed by atoms with Gasteiger partial charge in [-0.15, -0.1) is 0 Å². The molecule has 0 spiro atoms. The molecule has 1 aromatic carbocycles. The van der Waals surface area contributed by atoms with Gasteiger partial charge in [0.2, 0.25) is 5.91 Å². The first-order valence-electron chi connectivity index (χ1n) is 6.52. The largest absolute Gasteiger partial charge is 0.308 e. The monoisotopic (exact) mass is 323 g/mol. The molecule has 0 N–H and O–H groups in total. The van der Waals surface area contributed by atoms with Crippen LogP contribution in [-0.4, -0.2) is 21.9 Å². The van der Waals surface area contributed by atoms with Gasteiger partial charge in [-0.25, -0.2) is 9.97 Å². The predicted octanol–water partition coefficient (Wildman–Crippen LogP) is 3.77. The van der Waals surface area contributed by atoms with Crippen molar-refractivity contribution >= 4 is 34.8 Å². The fourth-order valence-electron chi connectivity index (χ4n) is 2.00. The summed E-state index contributed by atoms with van der Waals surface area (Å²) in [5.74, 6) is 0.322. The highest BCUT2D eigenvalue weighted by molar-refractivity contribution is 6.33. The molecule has 1 amide bonds. The van der Waals surface area contributed by atoms with Crippen molar-refractivity contribution in [1.29, 1.82) is 0 Å². The molecular weight excluding hydrogens is 309 g/mol. The maximum Gasteiger partial charge on any atom is 0.234 e. The average Bonchev–Trinajstić information content (AvgIpc) is 2.43. The molecule has 4 nitrogen and oxygen atoms in total. The number of carbonyl (C=O) groups is 1. The van der Waals surface area contributed by atoms with E-state index in [9.17, 15) is 4.79 Å². The van der Waals surface area contributed by atoms with E-state index in [0.717, 1.165) is 0 Å². The SMILES string of the molecule is CC(C)N(C(=O)Cc1ncc(Cl)cn1)c1ccccc1Cl. The van der Waals surface area contributed by atoms with Crippen LogP contribution >= 0.6 is 23.2 Å². The van der Waals surface area contributed by atoms with E-state index in [2.05, 4.69) is 9.97 Å². The molecule has 0 saturated heterocycles. The highest BCUT2D eigenvalue weighted by Gasteiger charge is 2.22. The van der Waals surface area contributed by atoms with Crippen LogP contribution in [0.4, 0.5) is 5.69 Å². The second-order valence-electron chi connectivity index (χ2n) is 4.80. The molecule has 6 heteroatoms. The Hall–Kier alpha value is -1.65. The van der Waals surface area contributed by atoms with Gasteiger partial charge in [0.25, 0.3) is 0 Å². The summed E-state index contributed by atoms with van der Waals surface area (Å²) >= 11 is 11.9. The number of benzene rings is 1. The summed E-state index contributed by atoms with van der Waals surface area (Å²) < 4.78 is 0. The highest BCUT2D eigenvalue weighted by atomic mass is 35.5. The fourth-order valence-corrected chi connectivity index (χ4v) is 2.32. The number of halogens is 2. The number of para-hydroxylation sites is 1. The number of rotatable bonds is 4. The van der Waals surface area contributed by atoms with Crippen molar-refractivity contribution in [2.45, 2.75) is 26.3 Å². The van der Waals surface area contributed by atoms with Crippen molar-refractivity contribution in [2.75, 3.05) is 4.90 Å². The van der Waals surface area contributed by atoms with E-state index in [4.69, 9.17) is 23.2 Å². The average molecular weight is 324 g/mol. The molecule has 0 aliphatic heterocycles. The number of amides is 1. The normalized spacial score (nSPS) is 10.7. The number of anilines is 1. The van der Waals surface area contributed by atoms with Crippen LogP contribution in [0.25, 0.3) is 0 Å². The lowest BCUT2D eigenvalue weighted by Crippen LogP contribution is -2.38. The van der Waals surface area contributed by atoms with Crippen molar-refractivity contribution in [3.63, 3.8) is 0 Å². The van der Waals surface area contributed by atoms with Crippen molar-refractivity contribution in [3.8, 4) is 0 Å². The second-order valence-corrected chi connectivity index (χ2v) is 5.65. The summed E-state index contributed by atoms with van der Waals surface area (Å²) in [5, 5.41) is 0.981. The molecule has 2 rings (SSSR count). The Morgan fingerprint density at radius 2 is 1.81 bits per heavy atom. The fraction of sp³-hybridized carbons (Fsp3) is 0.267. The summed E-state index contributed by atoms with van der Waals surface area (Å²) in [4.78, 5) is 22.3. The Labute approximate surface area is 133 Å². The Bertz CT molecular complexity index is 629. The van der Waals surface area contributed by atoms with Crippen molar-refractivity contribution < 1.29 is 4.79 Å². The van der Waals surface area contributed by atoms with Gasteiger partial charge in [-0.05, 0) is 26.0 Å². The van der Waals surface area contributed by atoms with Gasteiger partial charge >= 0.3 is 0 Å². The molecule has 0 aliphatic carbocycles. The third-order valence-corrected chi connectivity index (χ3v) is 3.40. The van der Waals surface area contributed by atoms with Gasteiger partial charge in [0.1, 0.15) is 5.82 Å². The van der Waals surface area contributed by atoms with Gasteiger partial charge in [-0.3, -0.25) is 4.79 Å². The van der Waals surface area contributed by atoms with Crippen LogP contribution in [0.3, 0.4) is 0 Å². The van der Waals surface area contributed by atoms with E-state index in [-0.39, 0.29) is 18.4 Å². The molecule has 0 saturated carbocycles. The van der Waals surface area contributed by atoms with E-state index in [1.807, 2.05) is 32.0 Å². The zero-order valence-corrected chi connectivity index (χ0v) is 13.3. The maximum absolute atomic E-state index is 12.5. The molecule has 0 fully saturated rings. The van der Waals surface area contributed by atoms with Crippen molar-refractivity contribution in [2.24, 2.45) is 0 Å². The van der Waals surface area contributed by atoms with Gasteiger partial charge < -0.3 is 4.90 Å². The third kappa shape index (κ3) is 3.93. The van der Waals surface area contributed by atoms with Crippen LogP contribution in [0.2, 0.25) is 10.0 Å². The molecule has 1 aromatic heterocycles. The molecule has 2 aromatic rings. The lowest BCUT2D eigenvalue weighted by Gasteiger charge is -2.27. The smallest absolute Gasteiger partial charge is 0.234 e. The molecule has 0 atom stereocenters. The van der Waals surface area contributed by atoms with Crippen LogP contribution in [0.1, 0.15) is 19.7 Å². The first-order valence-corrected chi connectivity index (χ1v) is 7.27. The van der Waals surface area contributed by atoms with E-state index in [0.29, 0.717) is 21.6 Å². The number of carbonyl (C=O) groups excluding carboxylic acids is 1. The van der Waals surface area contributed by atoms with Gasteiger partial charge in [0.15, 0.2) is 0 Å². The molecule has 0 unspecified atom stereocenters. The number of hydrogen-bond acceptors (Lipinski definition) is 3. The van der Waals surface area contributed by atoms with Crippen LogP contribution < -0.4 is 4.90 Å². The molecule has 0 aliphatic rings. The van der Waals surface area contributed by atoms with E-state index < -0.39 is 0 Å². The predicted molar refractivity (Wildman–Crippen MR) is 84.8 cm³/mol. The van der Waals surface area contributed by atoms with Crippen LogP contribution in [-0.2, 0) is 11.2 Å². The standard InChI is InChI=1S/C15H15Cl2N3O/c1-10(2)20(13-6-4-3-5-12(13)17)15(21)7-14-18-8-11(16)9-19-14/h3-6,8-10H,7H2,1-2H3. The molecular formula is C15H15Cl2N3O. The van der Waals surface area contributed by atoms with Crippen LogP contribution in [0.15, 0.2) is 36.7 Å². The van der Waals surface area contributed by atoms with Gasteiger partial charge in [-0.1, -0.05) is 35.3 Å². The lowest BCUT2D eigenvalue weighted by atomic mass is 10.2.